The van der Waals surface area contributed by atoms with E-state index in [1.54, 1.807) is 0 Å². The second kappa shape index (κ2) is 7.23. The second-order valence-corrected chi connectivity index (χ2v) is 5.66. The van der Waals surface area contributed by atoms with Crippen LogP contribution in [0.3, 0.4) is 0 Å². The van der Waals surface area contributed by atoms with Gasteiger partial charge in [-0.3, -0.25) is 9.59 Å². The summed E-state index contributed by atoms with van der Waals surface area (Å²) >= 11 is 1.45. The molecule has 1 aromatic heterocycles. The van der Waals surface area contributed by atoms with E-state index < -0.39 is 5.97 Å². The molecule has 0 atom stereocenters. The monoisotopic (exact) mass is 297 g/mol. The molecule has 110 valence electrons. The normalized spacial score (nSPS) is 14.5. The van der Waals surface area contributed by atoms with Crippen molar-refractivity contribution in [2.24, 2.45) is 0 Å². The van der Waals surface area contributed by atoms with Gasteiger partial charge >= 0.3 is 5.97 Å². The fourth-order valence-corrected chi connectivity index (χ4v) is 2.91. The van der Waals surface area contributed by atoms with Gasteiger partial charge in [-0.2, -0.15) is 0 Å². The molecular weight excluding hydrogens is 278 g/mol. The maximum absolute atomic E-state index is 11.8. The lowest BCUT2D eigenvalue weighted by molar-refractivity contribution is -0.137. The lowest BCUT2D eigenvalue weighted by Gasteiger charge is -2.14. The summed E-state index contributed by atoms with van der Waals surface area (Å²) in [5.41, 5.74) is 0.783. The van der Waals surface area contributed by atoms with Gasteiger partial charge in [0.05, 0.1) is 12.1 Å². The average Bonchev–Trinajstić information content (AvgIpc) is 3.08. The Morgan fingerprint density at radius 1 is 1.35 bits per heavy atom. The highest BCUT2D eigenvalue weighted by Gasteiger charge is 2.17. The molecule has 0 radical (unpaired) electrons. The summed E-state index contributed by atoms with van der Waals surface area (Å²) in [6.07, 6.45) is 3.23. The molecule has 1 aliphatic heterocycles. The van der Waals surface area contributed by atoms with Gasteiger partial charge in [-0.05, 0) is 12.8 Å². The molecule has 2 N–H and O–H groups in total. The Morgan fingerprint density at radius 2 is 2.10 bits per heavy atom. The predicted molar refractivity (Wildman–Crippen MR) is 77.0 cm³/mol. The van der Waals surface area contributed by atoms with Crippen LogP contribution in [0.1, 0.15) is 31.4 Å². The lowest BCUT2D eigenvalue weighted by Crippen LogP contribution is -2.29. The predicted octanol–water partition coefficient (Wildman–Crippen LogP) is 1.58. The first-order valence-corrected chi connectivity index (χ1v) is 7.71. The smallest absolute Gasteiger partial charge is 0.303 e. The van der Waals surface area contributed by atoms with Crippen LogP contribution in [0.15, 0.2) is 5.38 Å². The van der Waals surface area contributed by atoms with Gasteiger partial charge in [-0.25, -0.2) is 4.98 Å². The number of carbonyl (C=O) groups excluding carboxylic acids is 1. The van der Waals surface area contributed by atoms with E-state index in [1.165, 1.54) is 11.3 Å². The Bertz CT molecular complexity index is 469. The number of thiazole rings is 1. The molecule has 0 unspecified atom stereocenters. The number of nitrogens with one attached hydrogen (secondary N) is 1. The number of likely N-dealkylation sites (tertiary alicyclic amines) is 1. The summed E-state index contributed by atoms with van der Waals surface area (Å²) in [5, 5.41) is 14.3. The molecule has 1 saturated heterocycles. The third kappa shape index (κ3) is 4.48. The number of amides is 1. The van der Waals surface area contributed by atoms with Gasteiger partial charge in [-0.15, -0.1) is 11.3 Å². The molecule has 0 aromatic carbocycles. The molecule has 2 heterocycles. The maximum atomic E-state index is 11.8. The van der Waals surface area contributed by atoms with Gasteiger partial charge in [0.1, 0.15) is 0 Å². The van der Waals surface area contributed by atoms with Crippen LogP contribution in [-0.4, -0.2) is 46.5 Å². The first-order valence-electron chi connectivity index (χ1n) is 6.83. The van der Waals surface area contributed by atoms with E-state index in [1.807, 2.05) is 10.3 Å². The van der Waals surface area contributed by atoms with Crippen LogP contribution in [0.2, 0.25) is 0 Å². The zero-order chi connectivity index (χ0) is 14.4. The molecule has 1 fully saturated rings. The second-order valence-electron chi connectivity index (χ2n) is 4.80. The van der Waals surface area contributed by atoms with Crippen LogP contribution < -0.4 is 5.32 Å². The number of anilines is 1. The van der Waals surface area contributed by atoms with Crippen molar-refractivity contribution in [1.29, 1.82) is 0 Å². The highest BCUT2D eigenvalue weighted by molar-refractivity contribution is 7.13. The van der Waals surface area contributed by atoms with Crippen molar-refractivity contribution >= 4 is 28.3 Å². The van der Waals surface area contributed by atoms with Crippen LogP contribution in [0.25, 0.3) is 0 Å². The number of hydrogen-bond donors (Lipinski definition) is 2. The molecule has 1 aromatic rings. The summed E-state index contributed by atoms with van der Waals surface area (Å²) in [5.74, 6) is -0.624. The molecule has 6 nitrogen and oxygen atoms in total. The Morgan fingerprint density at radius 3 is 2.80 bits per heavy atom. The summed E-state index contributed by atoms with van der Waals surface area (Å²) in [7, 11) is 0. The van der Waals surface area contributed by atoms with E-state index in [0.29, 0.717) is 19.4 Å². The first-order chi connectivity index (χ1) is 9.65. The van der Waals surface area contributed by atoms with Crippen molar-refractivity contribution in [3.05, 3.63) is 11.1 Å². The van der Waals surface area contributed by atoms with Crippen LogP contribution >= 0.6 is 11.3 Å². The van der Waals surface area contributed by atoms with Gasteiger partial charge in [0.25, 0.3) is 0 Å². The zero-order valence-corrected chi connectivity index (χ0v) is 12.1. The molecule has 1 aliphatic rings. The molecule has 0 spiro atoms. The number of aryl methyl sites for hydroxylation is 1. The number of carbonyl (C=O) groups is 2. The van der Waals surface area contributed by atoms with Crippen molar-refractivity contribution in [1.82, 2.24) is 9.88 Å². The minimum Gasteiger partial charge on any atom is -0.481 e. The largest absolute Gasteiger partial charge is 0.481 e. The van der Waals surface area contributed by atoms with Gasteiger partial charge in [0, 0.05) is 37.9 Å². The summed E-state index contributed by atoms with van der Waals surface area (Å²) in [4.78, 5) is 28.5. The standard InChI is InChI=1S/C13H19N3O3S/c17-11(16-7-1-2-8-16)5-6-14-13-15-10(9-20-13)3-4-12(18)19/h9H,1-8H2,(H,14,15)(H,18,19). The Kier molecular flexibility index (Phi) is 5.34. The number of hydrogen-bond acceptors (Lipinski definition) is 5. The third-order valence-electron chi connectivity index (χ3n) is 3.22. The van der Waals surface area contributed by atoms with E-state index >= 15 is 0 Å². The van der Waals surface area contributed by atoms with Crippen molar-refractivity contribution in [3.63, 3.8) is 0 Å². The van der Waals surface area contributed by atoms with Gasteiger partial charge in [0.2, 0.25) is 5.91 Å². The topological polar surface area (TPSA) is 82.5 Å². The molecule has 20 heavy (non-hydrogen) atoms. The number of carboxylic acid groups (broad SMARTS) is 1. The third-order valence-corrected chi connectivity index (χ3v) is 4.07. The van der Waals surface area contributed by atoms with E-state index in [-0.39, 0.29) is 12.3 Å². The average molecular weight is 297 g/mol. The van der Waals surface area contributed by atoms with E-state index in [2.05, 4.69) is 10.3 Å². The van der Waals surface area contributed by atoms with Crippen LogP contribution in [0, 0.1) is 0 Å². The van der Waals surface area contributed by atoms with E-state index in [0.717, 1.165) is 36.8 Å². The Balaban J connectivity index is 1.68. The van der Waals surface area contributed by atoms with E-state index in [9.17, 15) is 9.59 Å². The highest BCUT2D eigenvalue weighted by Crippen LogP contribution is 2.16. The van der Waals surface area contributed by atoms with E-state index in [4.69, 9.17) is 5.11 Å². The number of aliphatic carboxylic acids is 1. The highest BCUT2D eigenvalue weighted by atomic mass is 32.1. The fourth-order valence-electron chi connectivity index (χ4n) is 2.14. The van der Waals surface area contributed by atoms with Gasteiger partial charge in [-0.1, -0.05) is 0 Å². The van der Waals surface area contributed by atoms with Crippen molar-refractivity contribution in [2.45, 2.75) is 32.1 Å². The van der Waals surface area contributed by atoms with Gasteiger partial charge < -0.3 is 15.3 Å². The minimum atomic E-state index is -0.816. The Hall–Kier alpha value is -1.63. The molecule has 0 saturated carbocycles. The number of aromatic nitrogens is 1. The van der Waals surface area contributed by atoms with Crippen LogP contribution in [-0.2, 0) is 16.0 Å². The number of carboxylic acids is 1. The quantitative estimate of drug-likeness (QED) is 0.798. The Labute approximate surface area is 121 Å². The van der Waals surface area contributed by atoms with Crippen molar-refractivity contribution in [2.75, 3.05) is 25.0 Å². The van der Waals surface area contributed by atoms with Crippen LogP contribution in [0.5, 0.6) is 0 Å². The van der Waals surface area contributed by atoms with Crippen LogP contribution in [0.4, 0.5) is 5.13 Å². The molecule has 0 bridgehead atoms. The number of nitrogens with zero attached hydrogens (tertiary/aromatic N) is 2. The fraction of sp³-hybridized carbons (Fsp3) is 0.615. The molecule has 0 aliphatic carbocycles. The maximum Gasteiger partial charge on any atom is 0.303 e. The molecule has 1 amide bonds. The molecule has 2 rings (SSSR count). The summed E-state index contributed by atoms with van der Waals surface area (Å²) in [6.45, 7) is 2.34. The SMILES string of the molecule is O=C(O)CCc1csc(NCCC(=O)N2CCCC2)n1. The first kappa shape index (κ1) is 14.8. The molecular formula is C13H19N3O3S. The lowest BCUT2D eigenvalue weighted by atomic mass is 10.2. The van der Waals surface area contributed by atoms with Crippen molar-refractivity contribution < 1.29 is 14.7 Å². The zero-order valence-electron chi connectivity index (χ0n) is 11.3. The minimum absolute atomic E-state index is 0.0939. The summed E-state index contributed by atoms with van der Waals surface area (Å²) in [6, 6.07) is 0. The summed E-state index contributed by atoms with van der Waals surface area (Å²) < 4.78 is 0. The van der Waals surface area contributed by atoms with Crippen molar-refractivity contribution in [3.8, 4) is 0 Å². The number of rotatable bonds is 7. The molecule has 7 heteroatoms. The van der Waals surface area contributed by atoms with Gasteiger partial charge in [0.15, 0.2) is 5.13 Å².